The molecule has 0 radical (unpaired) electrons. The Bertz CT molecular complexity index is 336. The molecule has 68 valence electrons. The van der Waals surface area contributed by atoms with E-state index in [9.17, 15) is 4.79 Å². The molecule has 0 fully saturated rings. The van der Waals surface area contributed by atoms with Crippen LogP contribution in [0.1, 0.15) is 19.4 Å². The van der Waals surface area contributed by atoms with Crippen molar-refractivity contribution >= 4 is 27.8 Å². The van der Waals surface area contributed by atoms with Crippen molar-refractivity contribution in [3.05, 3.63) is 39.9 Å². The van der Waals surface area contributed by atoms with Crippen LogP contribution < -0.4 is 0 Å². The zero-order valence-electron chi connectivity index (χ0n) is 7.67. The highest BCUT2D eigenvalue weighted by Crippen LogP contribution is 2.13. The second-order valence-corrected chi connectivity index (χ2v) is 3.85. The molecule has 0 atom stereocenters. The first kappa shape index (κ1) is 10.2. The summed E-state index contributed by atoms with van der Waals surface area (Å²) in [5.74, 6) is 0.114. The maximum atomic E-state index is 10.9. The predicted molar refractivity (Wildman–Crippen MR) is 58.5 cm³/mol. The van der Waals surface area contributed by atoms with E-state index >= 15 is 0 Å². The summed E-state index contributed by atoms with van der Waals surface area (Å²) in [5.41, 5.74) is 1.83. The summed E-state index contributed by atoms with van der Waals surface area (Å²) < 4.78 is 1.05. The van der Waals surface area contributed by atoms with Gasteiger partial charge in [-0.15, -0.1) is 0 Å². The summed E-state index contributed by atoms with van der Waals surface area (Å²) in [4.78, 5) is 10.9. The highest BCUT2D eigenvalue weighted by molar-refractivity contribution is 9.10. The van der Waals surface area contributed by atoms with E-state index < -0.39 is 0 Å². The minimum atomic E-state index is 0.114. The van der Waals surface area contributed by atoms with Gasteiger partial charge in [0.05, 0.1) is 0 Å². The van der Waals surface area contributed by atoms with Crippen molar-refractivity contribution in [2.45, 2.75) is 13.8 Å². The van der Waals surface area contributed by atoms with E-state index in [1.165, 1.54) is 0 Å². The second kappa shape index (κ2) is 4.38. The van der Waals surface area contributed by atoms with Gasteiger partial charge in [0.2, 0.25) is 0 Å². The standard InChI is InChI=1S/C11H11BrO/c1-8(9(2)13)7-10-3-5-11(12)6-4-10/h3-7H,1-2H3/b8-7-. The third kappa shape index (κ3) is 3.15. The first-order chi connectivity index (χ1) is 6.09. The molecule has 13 heavy (non-hydrogen) atoms. The topological polar surface area (TPSA) is 17.1 Å². The number of ketones is 1. The highest BCUT2D eigenvalue weighted by Gasteiger charge is 1.95. The van der Waals surface area contributed by atoms with Crippen molar-refractivity contribution < 1.29 is 4.79 Å². The lowest BCUT2D eigenvalue weighted by Gasteiger charge is -1.96. The Hall–Kier alpha value is -0.890. The van der Waals surface area contributed by atoms with Gasteiger partial charge in [-0.25, -0.2) is 0 Å². The average molecular weight is 239 g/mol. The van der Waals surface area contributed by atoms with E-state index in [2.05, 4.69) is 15.9 Å². The van der Waals surface area contributed by atoms with Gasteiger partial charge in [0.1, 0.15) is 0 Å². The van der Waals surface area contributed by atoms with Crippen LogP contribution >= 0.6 is 15.9 Å². The quantitative estimate of drug-likeness (QED) is 0.722. The largest absolute Gasteiger partial charge is 0.295 e. The first-order valence-corrected chi connectivity index (χ1v) is 4.83. The van der Waals surface area contributed by atoms with Crippen LogP contribution in [0.15, 0.2) is 34.3 Å². The molecule has 1 aromatic carbocycles. The van der Waals surface area contributed by atoms with Gasteiger partial charge in [0, 0.05) is 4.47 Å². The lowest BCUT2D eigenvalue weighted by Crippen LogP contribution is -1.90. The molecule has 0 aliphatic rings. The molecule has 1 rings (SSSR count). The summed E-state index contributed by atoms with van der Waals surface area (Å²) in [7, 11) is 0. The maximum absolute atomic E-state index is 10.9. The third-order valence-electron chi connectivity index (χ3n) is 1.81. The number of hydrogen-bond donors (Lipinski definition) is 0. The fourth-order valence-electron chi connectivity index (χ4n) is 0.911. The van der Waals surface area contributed by atoms with Crippen LogP contribution in [0.4, 0.5) is 0 Å². The SMILES string of the molecule is CC(=O)/C(C)=C\c1ccc(Br)cc1. The lowest BCUT2D eigenvalue weighted by atomic mass is 10.1. The van der Waals surface area contributed by atoms with E-state index in [0.29, 0.717) is 0 Å². The van der Waals surface area contributed by atoms with Crippen molar-refractivity contribution in [2.24, 2.45) is 0 Å². The molecule has 0 N–H and O–H groups in total. The number of halogens is 1. The minimum Gasteiger partial charge on any atom is -0.295 e. The number of allylic oxidation sites excluding steroid dienone is 1. The molecule has 0 aliphatic carbocycles. The molecule has 1 aromatic rings. The molecular formula is C11H11BrO. The van der Waals surface area contributed by atoms with E-state index in [-0.39, 0.29) is 5.78 Å². The molecule has 0 saturated carbocycles. The van der Waals surface area contributed by atoms with Crippen LogP contribution in [-0.2, 0) is 4.79 Å². The Morgan fingerprint density at radius 3 is 2.23 bits per heavy atom. The van der Waals surface area contributed by atoms with Crippen LogP contribution in [0.2, 0.25) is 0 Å². The monoisotopic (exact) mass is 238 g/mol. The fraction of sp³-hybridized carbons (Fsp3) is 0.182. The minimum absolute atomic E-state index is 0.114. The van der Waals surface area contributed by atoms with Crippen LogP contribution in [0.3, 0.4) is 0 Å². The summed E-state index contributed by atoms with van der Waals surface area (Å²) >= 11 is 3.35. The number of hydrogen-bond acceptors (Lipinski definition) is 1. The number of Topliss-reactive ketones (excluding diaryl/α,β-unsaturated/α-hetero) is 1. The molecular weight excluding hydrogens is 228 g/mol. The fourth-order valence-corrected chi connectivity index (χ4v) is 1.17. The van der Waals surface area contributed by atoms with Crippen LogP contribution in [0.25, 0.3) is 6.08 Å². The lowest BCUT2D eigenvalue weighted by molar-refractivity contribution is -0.113. The molecule has 1 nitrogen and oxygen atoms in total. The Balaban J connectivity index is 2.92. The van der Waals surface area contributed by atoms with Crippen LogP contribution in [0, 0.1) is 0 Å². The molecule has 0 unspecified atom stereocenters. The second-order valence-electron chi connectivity index (χ2n) is 2.94. The predicted octanol–water partition coefficient (Wildman–Crippen LogP) is 3.44. The van der Waals surface area contributed by atoms with Gasteiger partial charge in [-0.3, -0.25) is 4.79 Å². The smallest absolute Gasteiger partial charge is 0.155 e. The van der Waals surface area contributed by atoms with Crippen molar-refractivity contribution in [3.8, 4) is 0 Å². The number of carbonyl (C=O) groups excluding carboxylic acids is 1. The normalized spacial score (nSPS) is 11.5. The van der Waals surface area contributed by atoms with Crippen molar-refractivity contribution in [3.63, 3.8) is 0 Å². The van der Waals surface area contributed by atoms with Gasteiger partial charge in [-0.1, -0.05) is 28.1 Å². The van der Waals surface area contributed by atoms with E-state index in [0.717, 1.165) is 15.6 Å². The van der Waals surface area contributed by atoms with Gasteiger partial charge in [0.25, 0.3) is 0 Å². The molecule has 0 spiro atoms. The number of benzene rings is 1. The molecule has 2 heteroatoms. The van der Waals surface area contributed by atoms with Gasteiger partial charge < -0.3 is 0 Å². The van der Waals surface area contributed by atoms with Gasteiger partial charge >= 0.3 is 0 Å². The van der Waals surface area contributed by atoms with E-state index in [1.807, 2.05) is 37.3 Å². The van der Waals surface area contributed by atoms with Crippen LogP contribution in [-0.4, -0.2) is 5.78 Å². The first-order valence-electron chi connectivity index (χ1n) is 4.04. The molecule has 0 aromatic heterocycles. The maximum Gasteiger partial charge on any atom is 0.155 e. The molecule has 0 amide bonds. The summed E-state index contributed by atoms with van der Waals surface area (Å²) in [6.07, 6.45) is 1.88. The Kier molecular flexibility index (Phi) is 3.43. The zero-order chi connectivity index (χ0) is 9.84. The number of rotatable bonds is 2. The summed E-state index contributed by atoms with van der Waals surface area (Å²) in [6, 6.07) is 7.85. The molecule has 0 bridgehead atoms. The molecule has 0 heterocycles. The van der Waals surface area contributed by atoms with Gasteiger partial charge in [-0.2, -0.15) is 0 Å². The summed E-state index contributed by atoms with van der Waals surface area (Å²) in [5, 5.41) is 0. The number of carbonyl (C=O) groups is 1. The molecule has 0 aliphatic heterocycles. The van der Waals surface area contributed by atoms with Crippen molar-refractivity contribution in [1.82, 2.24) is 0 Å². The Labute approximate surface area is 86.6 Å². The summed E-state index contributed by atoms with van der Waals surface area (Å²) in [6.45, 7) is 3.40. The highest BCUT2D eigenvalue weighted by atomic mass is 79.9. The Morgan fingerprint density at radius 2 is 1.77 bits per heavy atom. The Morgan fingerprint density at radius 1 is 1.23 bits per heavy atom. The third-order valence-corrected chi connectivity index (χ3v) is 2.34. The van der Waals surface area contributed by atoms with Gasteiger partial charge in [-0.05, 0) is 43.2 Å². The van der Waals surface area contributed by atoms with E-state index in [1.54, 1.807) is 6.92 Å². The average Bonchev–Trinajstić information content (AvgIpc) is 2.08. The van der Waals surface area contributed by atoms with Crippen molar-refractivity contribution in [2.75, 3.05) is 0 Å². The van der Waals surface area contributed by atoms with Crippen molar-refractivity contribution in [1.29, 1.82) is 0 Å². The molecule has 0 saturated heterocycles. The van der Waals surface area contributed by atoms with E-state index in [4.69, 9.17) is 0 Å². The van der Waals surface area contributed by atoms with Gasteiger partial charge in [0.15, 0.2) is 5.78 Å². The zero-order valence-corrected chi connectivity index (χ0v) is 9.26. The van der Waals surface area contributed by atoms with Crippen LogP contribution in [0.5, 0.6) is 0 Å².